The first-order valence-electron chi connectivity index (χ1n) is 4.75. The van der Waals surface area contributed by atoms with Crippen LogP contribution in [0.2, 0.25) is 0 Å². The molecule has 8 nitrogen and oxygen atoms in total. The van der Waals surface area contributed by atoms with E-state index in [1.165, 1.54) is 7.11 Å². The molecule has 1 unspecified atom stereocenters. The Morgan fingerprint density at radius 2 is 2.12 bits per heavy atom. The van der Waals surface area contributed by atoms with Crippen LogP contribution < -0.4 is 11.5 Å². The SMILES string of the molecule is COCC(N)=NCCS(=O)(=O)CC(N)C(=O)O. The Kier molecular flexibility index (Phi) is 6.69. The van der Waals surface area contributed by atoms with Crippen molar-refractivity contribution in [2.45, 2.75) is 6.04 Å². The van der Waals surface area contributed by atoms with Crippen LogP contribution in [0, 0.1) is 0 Å². The number of amidine groups is 1. The van der Waals surface area contributed by atoms with E-state index in [0.717, 1.165) is 0 Å². The molecule has 0 rings (SSSR count). The maximum absolute atomic E-state index is 11.4. The summed E-state index contributed by atoms with van der Waals surface area (Å²) in [6, 6.07) is -1.42. The van der Waals surface area contributed by atoms with Crippen molar-refractivity contribution in [3.63, 3.8) is 0 Å². The fraction of sp³-hybridized carbons (Fsp3) is 0.750. The van der Waals surface area contributed by atoms with Gasteiger partial charge in [0.05, 0.1) is 18.1 Å². The maximum atomic E-state index is 11.4. The van der Waals surface area contributed by atoms with Crippen molar-refractivity contribution < 1.29 is 23.1 Å². The van der Waals surface area contributed by atoms with Crippen molar-refractivity contribution in [2.24, 2.45) is 16.5 Å². The van der Waals surface area contributed by atoms with Crippen LogP contribution in [0.5, 0.6) is 0 Å². The molecule has 0 radical (unpaired) electrons. The molecule has 0 aromatic carbocycles. The largest absolute Gasteiger partial charge is 0.480 e. The fourth-order valence-electron chi connectivity index (χ4n) is 0.950. The van der Waals surface area contributed by atoms with Gasteiger partial charge < -0.3 is 21.3 Å². The molecule has 17 heavy (non-hydrogen) atoms. The topological polar surface area (TPSA) is 145 Å². The Labute approximate surface area is 99.6 Å². The van der Waals surface area contributed by atoms with Crippen LogP contribution in [0.1, 0.15) is 0 Å². The Hall–Kier alpha value is -1.19. The molecule has 0 heterocycles. The van der Waals surface area contributed by atoms with E-state index in [4.69, 9.17) is 16.6 Å². The van der Waals surface area contributed by atoms with Gasteiger partial charge in [-0.25, -0.2) is 8.42 Å². The van der Waals surface area contributed by atoms with Gasteiger partial charge in [0.2, 0.25) is 0 Å². The number of aliphatic imine (C=N–C) groups is 1. The zero-order valence-electron chi connectivity index (χ0n) is 9.50. The third kappa shape index (κ3) is 7.66. The zero-order chi connectivity index (χ0) is 13.5. The van der Waals surface area contributed by atoms with Gasteiger partial charge in [-0.1, -0.05) is 0 Å². The summed E-state index contributed by atoms with van der Waals surface area (Å²) in [6.45, 7) is 0.0819. The number of carboxylic acids is 1. The summed E-state index contributed by atoms with van der Waals surface area (Å²) in [5, 5.41) is 8.48. The quantitative estimate of drug-likeness (QED) is 0.334. The van der Waals surface area contributed by atoms with Crippen molar-refractivity contribution >= 4 is 21.6 Å². The Morgan fingerprint density at radius 3 is 2.59 bits per heavy atom. The van der Waals surface area contributed by atoms with Crippen molar-refractivity contribution in [3.05, 3.63) is 0 Å². The number of nitrogens with two attached hydrogens (primary N) is 2. The van der Waals surface area contributed by atoms with Gasteiger partial charge in [-0.05, 0) is 0 Å². The highest BCUT2D eigenvalue weighted by atomic mass is 32.2. The molecular formula is C8H17N3O5S. The lowest BCUT2D eigenvalue weighted by atomic mass is 10.4. The number of carboxylic acid groups (broad SMARTS) is 1. The number of methoxy groups -OCH3 is 1. The number of nitrogens with zero attached hydrogens (tertiary/aromatic N) is 1. The van der Waals surface area contributed by atoms with E-state index in [1.54, 1.807) is 0 Å². The Balaban J connectivity index is 4.20. The molecule has 0 aromatic heterocycles. The molecule has 0 amide bonds. The Bertz CT molecular complexity index is 379. The van der Waals surface area contributed by atoms with Crippen molar-refractivity contribution in [3.8, 4) is 0 Å². The molecule has 0 aliphatic rings. The minimum Gasteiger partial charge on any atom is -0.480 e. The molecule has 1 atom stereocenters. The summed E-state index contributed by atoms with van der Waals surface area (Å²) in [5.74, 6) is -2.07. The number of hydrogen-bond donors (Lipinski definition) is 3. The smallest absolute Gasteiger partial charge is 0.321 e. The summed E-state index contributed by atoms with van der Waals surface area (Å²) in [5.41, 5.74) is 10.5. The van der Waals surface area contributed by atoms with Crippen LogP contribution in [0.3, 0.4) is 0 Å². The molecule has 0 aliphatic heterocycles. The van der Waals surface area contributed by atoms with Crippen LogP contribution in [-0.4, -0.2) is 63.1 Å². The third-order valence-electron chi connectivity index (χ3n) is 1.76. The van der Waals surface area contributed by atoms with Crippen LogP contribution >= 0.6 is 0 Å². The molecule has 0 saturated heterocycles. The van der Waals surface area contributed by atoms with Gasteiger partial charge in [0.25, 0.3) is 0 Å². The predicted molar refractivity (Wildman–Crippen MR) is 62.6 cm³/mol. The molecule has 0 spiro atoms. The van der Waals surface area contributed by atoms with E-state index in [1.807, 2.05) is 0 Å². The first kappa shape index (κ1) is 15.8. The number of carbonyl (C=O) groups is 1. The molecule has 9 heteroatoms. The van der Waals surface area contributed by atoms with Crippen LogP contribution in [0.4, 0.5) is 0 Å². The van der Waals surface area contributed by atoms with Crippen molar-refractivity contribution in [1.82, 2.24) is 0 Å². The number of aliphatic carboxylic acids is 1. The zero-order valence-corrected chi connectivity index (χ0v) is 10.3. The van der Waals surface area contributed by atoms with Gasteiger partial charge in [-0.2, -0.15) is 0 Å². The van der Waals surface area contributed by atoms with Crippen molar-refractivity contribution in [1.29, 1.82) is 0 Å². The highest BCUT2D eigenvalue weighted by Gasteiger charge is 2.20. The first-order valence-corrected chi connectivity index (χ1v) is 6.57. The maximum Gasteiger partial charge on any atom is 0.321 e. The monoisotopic (exact) mass is 267 g/mol. The lowest BCUT2D eigenvalue weighted by Gasteiger charge is -2.06. The van der Waals surface area contributed by atoms with Gasteiger partial charge in [-0.15, -0.1) is 0 Å². The minimum absolute atomic E-state index is 0.0378. The van der Waals surface area contributed by atoms with Crippen LogP contribution in [0.15, 0.2) is 4.99 Å². The van der Waals surface area contributed by atoms with Gasteiger partial charge in [0.15, 0.2) is 9.84 Å². The first-order chi connectivity index (χ1) is 7.78. The lowest BCUT2D eigenvalue weighted by Crippen LogP contribution is -2.38. The predicted octanol–water partition coefficient (Wildman–Crippen LogP) is -2.18. The van der Waals surface area contributed by atoms with Gasteiger partial charge >= 0.3 is 5.97 Å². The number of ether oxygens (including phenoxy) is 1. The summed E-state index contributed by atoms with van der Waals surface area (Å²) in [7, 11) is -2.11. The van der Waals surface area contributed by atoms with Gasteiger partial charge in [0.1, 0.15) is 18.5 Å². The summed E-state index contributed by atoms with van der Waals surface area (Å²) < 4.78 is 27.5. The van der Waals surface area contributed by atoms with E-state index < -0.39 is 27.6 Å². The van der Waals surface area contributed by atoms with E-state index in [-0.39, 0.29) is 24.7 Å². The summed E-state index contributed by atoms with van der Waals surface area (Å²) in [4.78, 5) is 14.1. The average molecular weight is 267 g/mol. The molecule has 5 N–H and O–H groups in total. The molecular weight excluding hydrogens is 250 g/mol. The van der Waals surface area contributed by atoms with E-state index in [9.17, 15) is 13.2 Å². The Morgan fingerprint density at radius 1 is 1.53 bits per heavy atom. The second-order valence-electron chi connectivity index (χ2n) is 3.37. The molecule has 0 bridgehead atoms. The van der Waals surface area contributed by atoms with E-state index in [2.05, 4.69) is 9.73 Å². The molecule has 100 valence electrons. The number of rotatable bonds is 8. The van der Waals surface area contributed by atoms with Crippen LogP contribution in [0.25, 0.3) is 0 Å². The summed E-state index contributed by atoms with van der Waals surface area (Å²) in [6.07, 6.45) is 0. The minimum atomic E-state index is -3.55. The van der Waals surface area contributed by atoms with E-state index in [0.29, 0.717) is 0 Å². The number of sulfone groups is 1. The van der Waals surface area contributed by atoms with Gasteiger partial charge in [0, 0.05) is 7.11 Å². The second kappa shape index (κ2) is 7.20. The lowest BCUT2D eigenvalue weighted by molar-refractivity contribution is -0.137. The highest BCUT2D eigenvalue weighted by Crippen LogP contribution is 1.94. The molecule has 0 aliphatic carbocycles. The van der Waals surface area contributed by atoms with Crippen LogP contribution in [-0.2, 0) is 19.4 Å². The normalized spacial score (nSPS) is 14.6. The van der Waals surface area contributed by atoms with Crippen molar-refractivity contribution in [2.75, 3.05) is 31.8 Å². The standard InChI is InChI=1S/C8H17N3O5S/c1-16-4-7(10)11-2-3-17(14,15)5-6(9)8(12)13/h6H,2-5,9H2,1H3,(H2,10,11)(H,12,13). The fourth-order valence-corrected chi connectivity index (χ4v) is 2.18. The highest BCUT2D eigenvalue weighted by molar-refractivity contribution is 7.91. The third-order valence-corrected chi connectivity index (χ3v) is 3.43. The molecule has 0 aromatic rings. The molecule has 0 saturated carbocycles. The van der Waals surface area contributed by atoms with Gasteiger partial charge in [-0.3, -0.25) is 9.79 Å². The summed E-state index contributed by atoms with van der Waals surface area (Å²) >= 11 is 0. The average Bonchev–Trinajstić information content (AvgIpc) is 2.16. The number of hydrogen-bond acceptors (Lipinski definition) is 6. The van der Waals surface area contributed by atoms with E-state index >= 15 is 0 Å². The second-order valence-corrected chi connectivity index (χ2v) is 5.59. The molecule has 0 fully saturated rings.